The number of carbonyl (C=O) groups excluding carboxylic acids is 1. The third-order valence-corrected chi connectivity index (χ3v) is 2.26. The molecule has 3 N–H and O–H groups in total. The summed E-state index contributed by atoms with van der Waals surface area (Å²) in [7, 11) is 0. The Labute approximate surface area is 117 Å². The van der Waals surface area contributed by atoms with Crippen LogP contribution in [0.1, 0.15) is 15.9 Å². The largest absolute Gasteiger partial charge is 0.416 e. The van der Waals surface area contributed by atoms with Crippen molar-refractivity contribution in [2.75, 3.05) is 13.1 Å². The lowest BCUT2D eigenvalue weighted by atomic mass is 10.1. The fourth-order valence-electron chi connectivity index (χ4n) is 1.22. The summed E-state index contributed by atoms with van der Waals surface area (Å²) in [4.78, 5) is 11.4. The van der Waals surface area contributed by atoms with E-state index < -0.39 is 36.7 Å². The van der Waals surface area contributed by atoms with Crippen molar-refractivity contribution in [3.05, 3.63) is 35.4 Å². The zero-order chi connectivity index (χ0) is 14.7. The molecular formula is C11H12ClF5N2O. The average Bonchev–Trinajstić information content (AvgIpc) is 2.35. The number of nitrogens with one attached hydrogen (secondary N) is 1. The Morgan fingerprint density at radius 3 is 2.30 bits per heavy atom. The smallest absolute Gasteiger partial charge is 0.346 e. The van der Waals surface area contributed by atoms with Crippen LogP contribution in [0.4, 0.5) is 22.0 Å². The third-order valence-electron chi connectivity index (χ3n) is 2.26. The van der Waals surface area contributed by atoms with Gasteiger partial charge in [-0.2, -0.15) is 13.2 Å². The zero-order valence-corrected chi connectivity index (χ0v) is 10.8. The first-order valence-corrected chi connectivity index (χ1v) is 5.19. The number of rotatable bonds is 4. The van der Waals surface area contributed by atoms with E-state index in [9.17, 15) is 26.7 Å². The Balaban J connectivity index is 0.00000361. The van der Waals surface area contributed by atoms with Crippen LogP contribution in [0.3, 0.4) is 0 Å². The second-order valence-electron chi connectivity index (χ2n) is 3.82. The molecule has 1 rings (SSSR count). The van der Waals surface area contributed by atoms with Gasteiger partial charge in [-0.1, -0.05) is 6.07 Å². The summed E-state index contributed by atoms with van der Waals surface area (Å²) in [6.45, 7) is -1.99. The average molecular weight is 319 g/mol. The van der Waals surface area contributed by atoms with E-state index in [0.29, 0.717) is 6.07 Å². The van der Waals surface area contributed by atoms with E-state index in [-0.39, 0.29) is 18.0 Å². The SMILES string of the molecule is Cl.NCC(F)(F)CNC(=O)c1cccc(C(F)(F)F)c1. The molecule has 0 saturated carbocycles. The van der Waals surface area contributed by atoms with E-state index in [1.807, 2.05) is 5.32 Å². The Morgan fingerprint density at radius 1 is 1.20 bits per heavy atom. The molecule has 1 aromatic rings. The minimum absolute atomic E-state index is 0. The molecular weight excluding hydrogens is 307 g/mol. The molecule has 0 aliphatic heterocycles. The number of benzene rings is 1. The van der Waals surface area contributed by atoms with Crippen molar-refractivity contribution < 1.29 is 26.7 Å². The van der Waals surface area contributed by atoms with Crippen molar-refractivity contribution >= 4 is 18.3 Å². The van der Waals surface area contributed by atoms with Crippen LogP contribution in [0.2, 0.25) is 0 Å². The van der Waals surface area contributed by atoms with Crippen LogP contribution in [-0.2, 0) is 6.18 Å². The van der Waals surface area contributed by atoms with Crippen LogP contribution in [0.15, 0.2) is 24.3 Å². The van der Waals surface area contributed by atoms with E-state index in [0.717, 1.165) is 18.2 Å². The van der Waals surface area contributed by atoms with Gasteiger partial charge in [0.25, 0.3) is 11.8 Å². The molecule has 0 bridgehead atoms. The minimum atomic E-state index is -4.60. The van der Waals surface area contributed by atoms with E-state index in [4.69, 9.17) is 5.73 Å². The predicted molar refractivity (Wildman–Crippen MR) is 65.0 cm³/mol. The Bertz CT molecular complexity index is 464. The molecule has 3 nitrogen and oxygen atoms in total. The normalized spacial score (nSPS) is 11.7. The molecule has 0 heterocycles. The van der Waals surface area contributed by atoms with Crippen molar-refractivity contribution in [3.8, 4) is 0 Å². The number of amides is 1. The van der Waals surface area contributed by atoms with Gasteiger partial charge in [0.1, 0.15) is 0 Å². The maximum absolute atomic E-state index is 12.8. The fraction of sp³-hybridized carbons (Fsp3) is 0.364. The zero-order valence-electron chi connectivity index (χ0n) is 10.0. The van der Waals surface area contributed by atoms with Gasteiger partial charge in [-0.15, -0.1) is 12.4 Å². The monoisotopic (exact) mass is 318 g/mol. The van der Waals surface area contributed by atoms with Gasteiger partial charge >= 0.3 is 6.18 Å². The first-order valence-electron chi connectivity index (χ1n) is 5.19. The van der Waals surface area contributed by atoms with Crippen LogP contribution >= 0.6 is 12.4 Å². The van der Waals surface area contributed by atoms with Crippen molar-refractivity contribution in [1.82, 2.24) is 5.32 Å². The number of carbonyl (C=O) groups is 1. The highest BCUT2D eigenvalue weighted by molar-refractivity contribution is 5.94. The number of hydrogen-bond acceptors (Lipinski definition) is 2. The van der Waals surface area contributed by atoms with Gasteiger partial charge < -0.3 is 11.1 Å². The van der Waals surface area contributed by atoms with Crippen molar-refractivity contribution in [2.45, 2.75) is 12.1 Å². The van der Waals surface area contributed by atoms with Gasteiger partial charge in [-0.25, -0.2) is 8.78 Å². The van der Waals surface area contributed by atoms with Gasteiger partial charge in [-0.05, 0) is 18.2 Å². The molecule has 0 saturated heterocycles. The maximum atomic E-state index is 12.8. The first kappa shape index (κ1) is 18.6. The third kappa shape index (κ3) is 5.30. The van der Waals surface area contributed by atoms with Crippen LogP contribution in [0, 0.1) is 0 Å². The van der Waals surface area contributed by atoms with Crippen LogP contribution in [-0.4, -0.2) is 24.9 Å². The second-order valence-corrected chi connectivity index (χ2v) is 3.82. The Kier molecular flexibility index (Phi) is 6.36. The summed E-state index contributed by atoms with van der Waals surface area (Å²) >= 11 is 0. The standard InChI is InChI=1S/C11H11F5N2O.ClH/c12-10(13,5-17)6-18-9(19)7-2-1-3-8(4-7)11(14,15)16;/h1-4H,5-6,17H2,(H,18,19);1H. The van der Waals surface area contributed by atoms with Crippen molar-refractivity contribution in [1.29, 1.82) is 0 Å². The number of alkyl halides is 5. The van der Waals surface area contributed by atoms with Gasteiger partial charge in [0.15, 0.2) is 0 Å². The molecule has 0 aromatic heterocycles. The number of nitrogens with two attached hydrogens (primary N) is 1. The Hall–Kier alpha value is -1.41. The predicted octanol–water partition coefficient (Wildman–Crippen LogP) is 2.45. The molecule has 0 aliphatic carbocycles. The number of hydrogen-bond donors (Lipinski definition) is 2. The quantitative estimate of drug-likeness (QED) is 0.838. The highest BCUT2D eigenvalue weighted by atomic mass is 35.5. The van der Waals surface area contributed by atoms with Gasteiger partial charge in [0.05, 0.1) is 18.7 Å². The molecule has 20 heavy (non-hydrogen) atoms. The molecule has 0 aliphatic rings. The molecule has 0 atom stereocenters. The molecule has 1 amide bonds. The molecule has 9 heteroatoms. The highest BCUT2D eigenvalue weighted by Gasteiger charge is 2.31. The van der Waals surface area contributed by atoms with Crippen LogP contribution in [0.5, 0.6) is 0 Å². The summed E-state index contributed by atoms with van der Waals surface area (Å²) in [5, 5.41) is 1.83. The van der Waals surface area contributed by atoms with Gasteiger partial charge in [0.2, 0.25) is 0 Å². The van der Waals surface area contributed by atoms with Crippen molar-refractivity contribution in [3.63, 3.8) is 0 Å². The highest BCUT2D eigenvalue weighted by Crippen LogP contribution is 2.29. The summed E-state index contributed by atoms with van der Waals surface area (Å²) in [6, 6.07) is 3.51. The summed E-state index contributed by atoms with van der Waals surface area (Å²) in [5.74, 6) is -4.31. The summed E-state index contributed by atoms with van der Waals surface area (Å²) in [5.41, 5.74) is 3.40. The first-order chi connectivity index (χ1) is 8.65. The second kappa shape index (κ2) is 6.85. The maximum Gasteiger partial charge on any atom is 0.416 e. The van der Waals surface area contributed by atoms with Crippen LogP contribution < -0.4 is 11.1 Å². The molecule has 0 fully saturated rings. The van der Waals surface area contributed by atoms with E-state index >= 15 is 0 Å². The van der Waals surface area contributed by atoms with Crippen molar-refractivity contribution in [2.24, 2.45) is 5.73 Å². The van der Waals surface area contributed by atoms with E-state index in [1.165, 1.54) is 0 Å². The molecule has 114 valence electrons. The lowest BCUT2D eigenvalue weighted by Gasteiger charge is -2.15. The molecule has 0 spiro atoms. The van der Waals surface area contributed by atoms with E-state index in [2.05, 4.69) is 0 Å². The van der Waals surface area contributed by atoms with E-state index in [1.54, 1.807) is 0 Å². The molecule has 0 radical (unpaired) electrons. The minimum Gasteiger partial charge on any atom is -0.346 e. The lowest BCUT2D eigenvalue weighted by molar-refractivity contribution is -0.137. The number of halogens is 6. The van der Waals surface area contributed by atoms with Gasteiger partial charge in [0, 0.05) is 5.56 Å². The Morgan fingerprint density at radius 2 is 1.80 bits per heavy atom. The topological polar surface area (TPSA) is 55.1 Å². The molecule has 1 aromatic carbocycles. The van der Waals surface area contributed by atoms with Gasteiger partial charge in [-0.3, -0.25) is 4.79 Å². The molecule has 0 unspecified atom stereocenters. The fourth-order valence-corrected chi connectivity index (χ4v) is 1.22. The summed E-state index contributed by atoms with van der Waals surface area (Å²) in [6.07, 6.45) is -4.60. The lowest BCUT2D eigenvalue weighted by Crippen LogP contribution is -2.41. The van der Waals surface area contributed by atoms with Crippen LogP contribution in [0.25, 0.3) is 0 Å². The summed E-state index contributed by atoms with van der Waals surface area (Å²) < 4.78 is 62.7.